The van der Waals surface area contributed by atoms with E-state index in [0.29, 0.717) is 16.7 Å². The predicted molar refractivity (Wildman–Crippen MR) is 81.2 cm³/mol. The third kappa shape index (κ3) is 2.76. The van der Waals surface area contributed by atoms with Crippen LogP contribution in [-0.4, -0.2) is 15.9 Å². The number of carbonyl (C=O) groups is 1. The van der Waals surface area contributed by atoms with Gasteiger partial charge < -0.3 is 9.15 Å². The Hall–Kier alpha value is -3.22. The Labute approximate surface area is 130 Å². The van der Waals surface area contributed by atoms with Crippen molar-refractivity contribution in [1.29, 1.82) is 0 Å². The number of ether oxygens (including phenoxy) is 1. The topological polar surface area (TPSA) is 95.5 Å². The number of benzene rings is 1. The zero-order chi connectivity index (χ0) is 16.4. The molecular formula is C16H12N2O5. The van der Waals surface area contributed by atoms with Crippen molar-refractivity contribution >= 4 is 22.6 Å². The van der Waals surface area contributed by atoms with Crippen molar-refractivity contribution < 1.29 is 18.9 Å². The van der Waals surface area contributed by atoms with Crippen molar-refractivity contribution in [3.05, 3.63) is 64.7 Å². The van der Waals surface area contributed by atoms with Gasteiger partial charge in [-0.15, -0.1) is 0 Å². The fraction of sp³-hybridized carbons (Fsp3) is 0.125. The highest BCUT2D eigenvalue weighted by molar-refractivity contribution is 5.89. The van der Waals surface area contributed by atoms with E-state index in [1.807, 2.05) is 12.1 Å². The van der Waals surface area contributed by atoms with Crippen molar-refractivity contribution in [3.8, 4) is 5.75 Å². The Bertz CT molecular complexity index is 882. The molecule has 116 valence electrons. The molecule has 0 aliphatic rings. The molecule has 0 saturated carbocycles. The average molecular weight is 312 g/mol. The Morgan fingerprint density at radius 1 is 1.30 bits per heavy atom. The van der Waals surface area contributed by atoms with Gasteiger partial charge >= 0.3 is 11.7 Å². The number of hydrogen-bond donors (Lipinski definition) is 0. The Kier molecular flexibility index (Phi) is 3.76. The first kappa shape index (κ1) is 14.7. The third-order valence-corrected chi connectivity index (χ3v) is 3.44. The third-order valence-electron chi connectivity index (χ3n) is 3.44. The van der Waals surface area contributed by atoms with Crippen molar-refractivity contribution in [2.45, 2.75) is 12.8 Å². The molecular weight excluding hydrogens is 300 g/mol. The minimum absolute atomic E-state index is 0.0293. The van der Waals surface area contributed by atoms with E-state index in [2.05, 4.69) is 4.98 Å². The molecule has 3 aromatic rings. The van der Waals surface area contributed by atoms with Gasteiger partial charge in [0.1, 0.15) is 11.7 Å². The molecule has 0 amide bonds. The van der Waals surface area contributed by atoms with Crippen molar-refractivity contribution in [3.63, 3.8) is 0 Å². The maximum Gasteiger partial charge on any atom is 0.322 e. The molecule has 1 aromatic carbocycles. The van der Waals surface area contributed by atoms with Crippen LogP contribution >= 0.6 is 0 Å². The lowest BCUT2D eigenvalue weighted by atomic mass is 10.1. The molecule has 0 radical (unpaired) electrons. The molecule has 7 heteroatoms. The van der Waals surface area contributed by atoms with Crippen molar-refractivity contribution in [1.82, 2.24) is 4.98 Å². The van der Waals surface area contributed by atoms with Crippen LogP contribution in [-0.2, 0) is 4.79 Å². The summed E-state index contributed by atoms with van der Waals surface area (Å²) in [5, 5.41) is 11.6. The van der Waals surface area contributed by atoms with E-state index in [4.69, 9.17) is 9.15 Å². The number of aromatic nitrogens is 1. The van der Waals surface area contributed by atoms with E-state index in [0.717, 1.165) is 0 Å². The minimum Gasteiger partial charge on any atom is -0.461 e. The van der Waals surface area contributed by atoms with E-state index in [9.17, 15) is 14.9 Å². The van der Waals surface area contributed by atoms with Gasteiger partial charge in [0.15, 0.2) is 5.76 Å². The molecule has 3 rings (SSSR count). The summed E-state index contributed by atoms with van der Waals surface area (Å²) >= 11 is 0. The summed E-state index contributed by atoms with van der Waals surface area (Å²) in [5.74, 6) is -1.23. The number of nitrogens with zero attached hydrogens (tertiary/aromatic N) is 2. The second-order valence-corrected chi connectivity index (χ2v) is 4.90. The standard InChI is InChI=1S/C16H12N2O5/c1-10(15-13(18(20)21)7-9-22-15)16(19)23-14-6-8-17-12-5-3-2-4-11(12)14/h2-10H,1H3. The number of nitro groups is 1. The van der Waals surface area contributed by atoms with Gasteiger partial charge in [0, 0.05) is 11.6 Å². The van der Waals surface area contributed by atoms with Crippen LogP contribution in [0.25, 0.3) is 10.9 Å². The van der Waals surface area contributed by atoms with Gasteiger partial charge in [0.2, 0.25) is 0 Å². The number of esters is 1. The van der Waals surface area contributed by atoms with E-state index in [1.165, 1.54) is 25.5 Å². The molecule has 0 spiro atoms. The van der Waals surface area contributed by atoms with Crippen LogP contribution < -0.4 is 4.74 Å². The normalized spacial score (nSPS) is 12.0. The quantitative estimate of drug-likeness (QED) is 0.416. The first-order valence-electron chi connectivity index (χ1n) is 6.85. The fourth-order valence-electron chi connectivity index (χ4n) is 2.25. The van der Waals surface area contributed by atoms with E-state index in [-0.39, 0.29) is 11.4 Å². The van der Waals surface area contributed by atoms with Gasteiger partial charge in [-0.05, 0) is 25.1 Å². The number of rotatable bonds is 4. The van der Waals surface area contributed by atoms with Gasteiger partial charge in [0.25, 0.3) is 0 Å². The SMILES string of the molecule is CC(C(=O)Oc1ccnc2ccccc12)c1occc1[N+](=O)[O-]. The minimum atomic E-state index is -0.905. The lowest BCUT2D eigenvalue weighted by Gasteiger charge is -2.10. The zero-order valence-electron chi connectivity index (χ0n) is 12.1. The van der Waals surface area contributed by atoms with Gasteiger partial charge in [-0.3, -0.25) is 19.9 Å². The smallest absolute Gasteiger partial charge is 0.322 e. The van der Waals surface area contributed by atoms with Crippen LogP contribution in [0.5, 0.6) is 5.75 Å². The van der Waals surface area contributed by atoms with Crippen molar-refractivity contribution in [2.75, 3.05) is 0 Å². The molecule has 2 aromatic heterocycles. The number of para-hydroxylation sites is 1. The summed E-state index contributed by atoms with van der Waals surface area (Å²) in [6, 6.07) is 10.0. The van der Waals surface area contributed by atoms with E-state index in [1.54, 1.807) is 18.2 Å². The maximum atomic E-state index is 12.3. The van der Waals surface area contributed by atoms with Gasteiger partial charge in [-0.2, -0.15) is 0 Å². The highest BCUT2D eigenvalue weighted by Gasteiger charge is 2.29. The van der Waals surface area contributed by atoms with E-state index >= 15 is 0 Å². The van der Waals surface area contributed by atoms with Crippen molar-refractivity contribution in [2.24, 2.45) is 0 Å². The lowest BCUT2D eigenvalue weighted by Crippen LogP contribution is -2.16. The summed E-state index contributed by atoms with van der Waals surface area (Å²) in [7, 11) is 0. The Morgan fingerprint density at radius 3 is 2.87 bits per heavy atom. The summed E-state index contributed by atoms with van der Waals surface area (Å²) in [6.45, 7) is 1.50. The first-order chi connectivity index (χ1) is 11.1. The molecule has 7 nitrogen and oxygen atoms in total. The van der Waals surface area contributed by atoms with Crippen LogP contribution in [0.2, 0.25) is 0 Å². The first-order valence-corrected chi connectivity index (χ1v) is 6.85. The molecule has 23 heavy (non-hydrogen) atoms. The van der Waals surface area contributed by atoms with Gasteiger partial charge in [0.05, 0.1) is 22.8 Å². The summed E-state index contributed by atoms with van der Waals surface area (Å²) in [4.78, 5) is 26.8. The summed E-state index contributed by atoms with van der Waals surface area (Å²) in [5.41, 5.74) is 0.448. The number of hydrogen-bond acceptors (Lipinski definition) is 6. The second kappa shape index (κ2) is 5.88. The summed E-state index contributed by atoms with van der Waals surface area (Å²) < 4.78 is 10.5. The largest absolute Gasteiger partial charge is 0.461 e. The monoisotopic (exact) mass is 312 g/mol. The number of carbonyl (C=O) groups excluding carboxylic acids is 1. The molecule has 0 N–H and O–H groups in total. The molecule has 1 unspecified atom stereocenters. The van der Waals surface area contributed by atoms with Crippen LogP contribution in [0.4, 0.5) is 5.69 Å². The molecule has 0 bridgehead atoms. The highest BCUT2D eigenvalue weighted by Crippen LogP contribution is 2.30. The fourth-order valence-corrected chi connectivity index (χ4v) is 2.25. The zero-order valence-corrected chi connectivity index (χ0v) is 12.1. The predicted octanol–water partition coefficient (Wildman–Crippen LogP) is 3.45. The van der Waals surface area contributed by atoms with E-state index < -0.39 is 16.8 Å². The van der Waals surface area contributed by atoms with Crippen LogP contribution in [0.3, 0.4) is 0 Å². The average Bonchev–Trinajstić information content (AvgIpc) is 3.04. The molecule has 1 atom stereocenters. The number of fused-ring (bicyclic) bond motifs is 1. The second-order valence-electron chi connectivity index (χ2n) is 4.90. The lowest BCUT2D eigenvalue weighted by molar-refractivity contribution is -0.386. The molecule has 0 aliphatic carbocycles. The molecule has 0 aliphatic heterocycles. The number of pyridine rings is 1. The summed E-state index contributed by atoms with van der Waals surface area (Å²) in [6.07, 6.45) is 2.71. The molecule has 0 saturated heterocycles. The molecule has 0 fully saturated rings. The highest BCUT2D eigenvalue weighted by atomic mass is 16.6. The van der Waals surface area contributed by atoms with Crippen LogP contribution in [0, 0.1) is 10.1 Å². The maximum absolute atomic E-state index is 12.3. The van der Waals surface area contributed by atoms with Crippen LogP contribution in [0.15, 0.2) is 53.3 Å². The van der Waals surface area contributed by atoms with Crippen LogP contribution in [0.1, 0.15) is 18.6 Å². The van der Waals surface area contributed by atoms with Gasteiger partial charge in [-0.25, -0.2) is 0 Å². The Balaban J connectivity index is 1.89. The van der Waals surface area contributed by atoms with Gasteiger partial charge in [-0.1, -0.05) is 12.1 Å². The number of furan rings is 1. The Morgan fingerprint density at radius 2 is 2.09 bits per heavy atom. The molecule has 2 heterocycles.